The summed E-state index contributed by atoms with van der Waals surface area (Å²) in [4.78, 5) is 19.9. The van der Waals surface area contributed by atoms with Gasteiger partial charge in [0.15, 0.2) is 0 Å². The molecule has 2 heterocycles. The monoisotopic (exact) mass is 496 g/mol. The molecule has 1 aliphatic rings. The van der Waals surface area contributed by atoms with Crippen molar-refractivity contribution in [3.63, 3.8) is 0 Å². The van der Waals surface area contributed by atoms with Crippen LogP contribution in [0.3, 0.4) is 0 Å². The van der Waals surface area contributed by atoms with Crippen LogP contribution in [0.5, 0.6) is 0 Å². The van der Waals surface area contributed by atoms with E-state index in [2.05, 4.69) is 62.3 Å². The van der Waals surface area contributed by atoms with Crippen molar-refractivity contribution in [3.8, 4) is 11.4 Å². The first-order valence-corrected chi connectivity index (χ1v) is 11.9. The number of aromatic nitrogens is 2. The maximum atomic E-state index is 13.1. The minimum atomic E-state index is -0.0581. The van der Waals surface area contributed by atoms with E-state index in [4.69, 9.17) is 4.52 Å². The average molecular weight is 497 g/mol. The lowest BCUT2D eigenvalue weighted by Crippen LogP contribution is -2.40. The molecule has 1 fully saturated rings. The fourth-order valence-electron chi connectivity index (χ4n) is 4.21. The van der Waals surface area contributed by atoms with E-state index in [-0.39, 0.29) is 11.8 Å². The molecular formula is C25H29BrN4O2. The van der Waals surface area contributed by atoms with Crippen LogP contribution in [0, 0.1) is 12.8 Å². The number of hydrogen-bond donors (Lipinski definition) is 1. The zero-order valence-electron chi connectivity index (χ0n) is 18.8. The molecule has 4 rings (SSSR count). The van der Waals surface area contributed by atoms with Crippen molar-refractivity contribution in [3.05, 3.63) is 64.0 Å². The quantitative estimate of drug-likeness (QED) is 0.468. The number of nitrogens with zero attached hydrogens (tertiary/aromatic N) is 3. The Kier molecular flexibility index (Phi) is 7.06. The lowest BCUT2D eigenvalue weighted by Gasteiger charge is -2.31. The van der Waals surface area contributed by atoms with Gasteiger partial charge in [-0.2, -0.15) is 4.98 Å². The summed E-state index contributed by atoms with van der Waals surface area (Å²) in [6, 6.07) is 14.0. The molecule has 0 aliphatic carbocycles. The van der Waals surface area contributed by atoms with E-state index in [0.29, 0.717) is 30.7 Å². The zero-order valence-corrected chi connectivity index (χ0v) is 20.4. The molecule has 0 bridgehead atoms. The summed E-state index contributed by atoms with van der Waals surface area (Å²) in [6.07, 6.45) is 1.86. The van der Waals surface area contributed by atoms with Gasteiger partial charge in [-0.25, -0.2) is 0 Å². The number of benzene rings is 2. The second kappa shape index (κ2) is 9.96. The van der Waals surface area contributed by atoms with Crippen LogP contribution in [-0.2, 0) is 11.3 Å². The molecule has 1 aromatic heterocycles. The fourth-order valence-corrected chi connectivity index (χ4v) is 4.47. The molecule has 1 atom stereocenters. The number of piperidine rings is 1. The van der Waals surface area contributed by atoms with Gasteiger partial charge in [0.25, 0.3) is 0 Å². The minimum absolute atomic E-state index is 0.0581. The van der Waals surface area contributed by atoms with Crippen molar-refractivity contribution in [2.24, 2.45) is 5.92 Å². The number of hydrogen-bond acceptors (Lipinski definition) is 5. The number of carbonyl (C=O) groups excluding carboxylic acids is 1. The Labute approximate surface area is 197 Å². The molecule has 1 aliphatic heterocycles. The molecule has 0 radical (unpaired) electrons. The van der Waals surface area contributed by atoms with Crippen LogP contribution >= 0.6 is 15.9 Å². The van der Waals surface area contributed by atoms with Crippen molar-refractivity contribution in [2.45, 2.75) is 46.1 Å². The summed E-state index contributed by atoms with van der Waals surface area (Å²) >= 11 is 3.44. The molecule has 6 nitrogen and oxygen atoms in total. The maximum Gasteiger partial charge on any atom is 0.241 e. The van der Waals surface area contributed by atoms with Crippen molar-refractivity contribution < 1.29 is 9.32 Å². The Balaban J connectivity index is 1.40. The SMILES string of the molecule is Cc1cccc(C(C)C)c1NC(=O)C1CCCN(Cc2nc(-c3ccc(Br)cc3)no2)C1. The van der Waals surface area contributed by atoms with Crippen LogP contribution in [0.1, 0.15) is 49.6 Å². The van der Waals surface area contributed by atoms with Gasteiger partial charge in [0, 0.05) is 22.3 Å². The molecule has 3 aromatic rings. The van der Waals surface area contributed by atoms with E-state index in [9.17, 15) is 4.79 Å². The van der Waals surface area contributed by atoms with Gasteiger partial charge >= 0.3 is 0 Å². The van der Waals surface area contributed by atoms with E-state index in [0.717, 1.165) is 40.7 Å². The Hall–Kier alpha value is -2.51. The van der Waals surface area contributed by atoms with Crippen LogP contribution in [0.2, 0.25) is 0 Å². The summed E-state index contributed by atoms with van der Waals surface area (Å²) in [5, 5.41) is 7.34. The summed E-state index contributed by atoms with van der Waals surface area (Å²) in [5.74, 6) is 1.54. The third-order valence-corrected chi connectivity index (χ3v) is 6.51. The number of para-hydroxylation sites is 1. The van der Waals surface area contributed by atoms with E-state index in [1.54, 1.807) is 0 Å². The first-order valence-electron chi connectivity index (χ1n) is 11.1. The third-order valence-electron chi connectivity index (χ3n) is 5.98. The van der Waals surface area contributed by atoms with Gasteiger partial charge in [-0.15, -0.1) is 0 Å². The fraction of sp³-hybridized carbons (Fsp3) is 0.400. The van der Waals surface area contributed by atoms with Crippen LogP contribution in [0.25, 0.3) is 11.4 Å². The Bertz CT molecular complexity index is 1080. The van der Waals surface area contributed by atoms with Gasteiger partial charge in [0.1, 0.15) is 0 Å². The first-order chi connectivity index (χ1) is 15.4. The molecule has 1 N–H and O–H groups in total. The maximum absolute atomic E-state index is 13.1. The van der Waals surface area contributed by atoms with Crippen LogP contribution in [0.15, 0.2) is 51.5 Å². The molecule has 32 heavy (non-hydrogen) atoms. The normalized spacial score (nSPS) is 17.0. The highest BCUT2D eigenvalue weighted by molar-refractivity contribution is 9.10. The van der Waals surface area contributed by atoms with Crippen LogP contribution < -0.4 is 5.32 Å². The number of likely N-dealkylation sites (tertiary alicyclic amines) is 1. The lowest BCUT2D eigenvalue weighted by molar-refractivity contribution is -0.121. The van der Waals surface area contributed by atoms with Crippen molar-refractivity contribution in [1.82, 2.24) is 15.0 Å². The second-order valence-corrected chi connectivity index (χ2v) is 9.69. The first kappa shape index (κ1) is 22.7. The van der Waals surface area contributed by atoms with Gasteiger partial charge in [-0.05, 0) is 67.6 Å². The average Bonchev–Trinajstić information content (AvgIpc) is 3.24. The highest BCUT2D eigenvalue weighted by Gasteiger charge is 2.28. The largest absolute Gasteiger partial charge is 0.338 e. The highest BCUT2D eigenvalue weighted by Crippen LogP contribution is 2.29. The molecule has 1 saturated heterocycles. The number of carbonyl (C=O) groups is 1. The number of aryl methyl sites for hydroxylation is 1. The Morgan fingerprint density at radius 2 is 2.03 bits per heavy atom. The standard InChI is InChI=1S/C25H29BrN4O2/c1-16(2)21-8-4-6-17(3)23(21)28-25(31)19-7-5-13-30(14-19)15-22-27-24(29-32-22)18-9-11-20(26)12-10-18/h4,6,8-12,16,19H,5,7,13-15H2,1-3H3,(H,28,31). The predicted octanol–water partition coefficient (Wildman–Crippen LogP) is 5.78. The number of amides is 1. The van der Waals surface area contributed by atoms with E-state index in [1.165, 1.54) is 5.56 Å². The molecular weight excluding hydrogens is 468 g/mol. The van der Waals surface area contributed by atoms with Crippen molar-refractivity contribution in [2.75, 3.05) is 18.4 Å². The topological polar surface area (TPSA) is 71.3 Å². The molecule has 1 amide bonds. The van der Waals surface area contributed by atoms with Gasteiger partial charge in [-0.3, -0.25) is 9.69 Å². The number of rotatable bonds is 6. The van der Waals surface area contributed by atoms with E-state index < -0.39 is 0 Å². The van der Waals surface area contributed by atoms with Gasteiger partial charge in [0.2, 0.25) is 17.6 Å². The summed E-state index contributed by atoms with van der Waals surface area (Å²) in [7, 11) is 0. The number of anilines is 1. The minimum Gasteiger partial charge on any atom is -0.338 e. The van der Waals surface area contributed by atoms with Gasteiger partial charge < -0.3 is 9.84 Å². The predicted molar refractivity (Wildman–Crippen MR) is 129 cm³/mol. The molecule has 168 valence electrons. The summed E-state index contributed by atoms with van der Waals surface area (Å²) < 4.78 is 6.49. The van der Waals surface area contributed by atoms with E-state index >= 15 is 0 Å². The zero-order chi connectivity index (χ0) is 22.7. The molecule has 7 heteroatoms. The molecule has 0 saturated carbocycles. The van der Waals surface area contributed by atoms with Crippen LogP contribution in [0.4, 0.5) is 5.69 Å². The van der Waals surface area contributed by atoms with Crippen molar-refractivity contribution >= 4 is 27.5 Å². The van der Waals surface area contributed by atoms with E-state index in [1.807, 2.05) is 37.3 Å². The Morgan fingerprint density at radius 3 is 2.78 bits per heavy atom. The smallest absolute Gasteiger partial charge is 0.241 e. The van der Waals surface area contributed by atoms with Gasteiger partial charge in [-0.1, -0.05) is 53.1 Å². The van der Waals surface area contributed by atoms with Gasteiger partial charge in [0.05, 0.1) is 12.5 Å². The number of halogens is 1. The number of nitrogens with one attached hydrogen (secondary N) is 1. The third kappa shape index (κ3) is 5.27. The second-order valence-electron chi connectivity index (χ2n) is 8.78. The Morgan fingerprint density at radius 1 is 1.25 bits per heavy atom. The summed E-state index contributed by atoms with van der Waals surface area (Å²) in [5.41, 5.74) is 4.15. The molecule has 2 aromatic carbocycles. The lowest BCUT2D eigenvalue weighted by atomic mass is 9.95. The molecule has 0 spiro atoms. The summed E-state index contributed by atoms with van der Waals surface area (Å²) in [6.45, 7) is 8.51. The molecule has 1 unspecified atom stereocenters. The van der Waals surface area contributed by atoms with Crippen LogP contribution in [-0.4, -0.2) is 34.0 Å². The highest BCUT2D eigenvalue weighted by atomic mass is 79.9. The van der Waals surface area contributed by atoms with Crippen molar-refractivity contribution in [1.29, 1.82) is 0 Å².